The number of methoxy groups -OCH3 is 1. The van der Waals surface area contributed by atoms with E-state index in [2.05, 4.69) is 5.32 Å². The summed E-state index contributed by atoms with van der Waals surface area (Å²) in [4.78, 5) is 25.9. The van der Waals surface area contributed by atoms with Crippen LogP contribution in [0.15, 0.2) is 42.5 Å². The van der Waals surface area contributed by atoms with Crippen molar-refractivity contribution >= 4 is 17.5 Å². The Balaban J connectivity index is 2.03. The largest absolute Gasteiger partial charge is 0.495 e. The smallest absolute Gasteiger partial charge is 0.251 e. The molecule has 5 heteroatoms. The SMILES string of the molecule is COc1ccccc1N(CCNC(=O)c1ccc(C)c(C)c1)C(C)=O. The Morgan fingerprint density at radius 2 is 1.80 bits per heavy atom. The number of nitrogens with zero attached hydrogens (tertiary/aromatic N) is 1. The van der Waals surface area contributed by atoms with Crippen molar-refractivity contribution in [2.45, 2.75) is 20.8 Å². The number of carbonyl (C=O) groups excluding carboxylic acids is 2. The summed E-state index contributed by atoms with van der Waals surface area (Å²) in [6.07, 6.45) is 0. The second-order valence-corrected chi connectivity index (χ2v) is 5.90. The number of ether oxygens (including phenoxy) is 1. The third kappa shape index (κ3) is 4.59. The molecule has 0 aromatic heterocycles. The van der Waals surface area contributed by atoms with Crippen LogP contribution in [0.3, 0.4) is 0 Å². The van der Waals surface area contributed by atoms with E-state index in [1.807, 2.05) is 44.2 Å². The minimum Gasteiger partial charge on any atom is -0.495 e. The van der Waals surface area contributed by atoms with E-state index in [1.54, 1.807) is 24.1 Å². The van der Waals surface area contributed by atoms with E-state index in [1.165, 1.54) is 6.92 Å². The molecule has 0 fully saturated rings. The molecule has 5 nitrogen and oxygen atoms in total. The Bertz CT molecular complexity index is 771. The van der Waals surface area contributed by atoms with Crippen LogP contribution < -0.4 is 15.0 Å². The molecule has 0 unspecified atom stereocenters. The number of rotatable bonds is 6. The number of para-hydroxylation sites is 2. The van der Waals surface area contributed by atoms with Crippen LogP contribution in [0.2, 0.25) is 0 Å². The van der Waals surface area contributed by atoms with Crippen molar-refractivity contribution in [3.8, 4) is 5.75 Å². The van der Waals surface area contributed by atoms with Gasteiger partial charge in [-0.1, -0.05) is 18.2 Å². The van der Waals surface area contributed by atoms with E-state index < -0.39 is 0 Å². The molecule has 2 rings (SSSR count). The van der Waals surface area contributed by atoms with Gasteiger partial charge < -0.3 is 15.0 Å². The summed E-state index contributed by atoms with van der Waals surface area (Å²) in [6, 6.07) is 12.9. The Morgan fingerprint density at radius 1 is 1.08 bits per heavy atom. The maximum absolute atomic E-state index is 12.3. The Kier molecular flexibility index (Phi) is 6.17. The van der Waals surface area contributed by atoms with Gasteiger partial charge in [0.15, 0.2) is 0 Å². The fourth-order valence-corrected chi connectivity index (χ4v) is 2.57. The number of carbonyl (C=O) groups is 2. The normalized spacial score (nSPS) is 10.2. The highest BCUT2D eigenvalue weighted by atomic mass is 16.5. The predicted octanol–water partition coefficient (Wildman–Crippen LogP) is 3.09. The van der Waals surface area contributed by atoms with Crippen LogP contribution >= 0.6 is 0 Å². The average molecular weight is 340 g/mol. The highest BCUT2D eigenvalue weighted by molar-refractivity contribution is 5.95. The van der Waals surface area contributed by atoms with Gasteiger partial charge in [0.2, 0.25) is 5.91 Å². The van der Waals surface area contributed by atoms with Crippen LogP contribution in [0, 0.1) is 13.8 Å². The zero-order valence-corrected chi connectivity index (χ0v) is 15.1. The fraction of sp³-hybridized carbons (Fsp3) is 0.300. The summed E-state index contributed by atoms with van der Waals surface area (Å²) in [7, 11) is 1.57. The van der Waals surface area contributed by atoms with Crippen LogP contribution in [0.25, 0.3) is 0 Å². The van der Waals surface area contributed by atoms with E-state index in [4.69, 9.17) is 4.74 Å². The molecule has 25 heavy (non-hydrogen) atoms. The molecule has 0 spiro atoms. The number of nitrogens with one attached hydrogen (secondary N) is 1. The van der Waals surface area contributed by atoms with Gasteiger partial charge in [0.1, 0.15) is 5.75 Å². The van der Waals surface area contributed by atoms with Crippen molar-refractivity contribution in [3.63, 3.8) is 0 Å². The molecule has 132 valence electrons. The Labute approximate surface area is 148 Å². The highest BCUT2D eigenvalue weighted by Gasteiger charge is 2.16. The molecule has 0 bridgehead atoms. The Hall–Kier alpha value is -2.82. The van der Waals surface area contributed by atoms with Crippen molar-refractivity contribution in [1.29, 1.82) is 0 Å². The molecule has 0 aliphatic heterocycles. The Morgan fingerprint density at radius 3 is 2.44 bits per heavy atom. The third-order valence-corrected chi connectivity index (χ3v) is 4.15. The van der Waals surface area contributed by atoms with Gasteiger partial charge in [0.25, 0.3) is 5.91 Å². The van der Waals surface area contributed by atoms with Gasteiger partial charge in [0, 0.05) is 25.6 Å². The maximum Gasteiger partial charge on any atom is 0.251 e. The van der Waals surface area contributed by atoms with E-state index >= 15 is 0 Å². The standard InChI is InChI=1S/C20H24N2O3/c1-14-9-10-17(13-15(14)2)20(24)21-11-12-22(16(3)23)18-7-5-6-8-19(18)25-4/h5-10,13H,11-12H2,1-4H3,(H,21,24). The van der Waals surface area contributed by atoms with Crippen molar-refractivity contribution in [2.75, 3.05) is 25.1 Å². The van der Waals surface area contributed by atoms with Crippen molar-refractivity contribution in [2.24, 2.45) is 0 Å². The molecule has 0 saturated carbocycles. The van der Waals surface area contributed by atoms with E-state index in [0.717, 1.165) is 11.1 Å². The van der Waals surface area contributed by atoms with Gasteiger partial charge in [-0.3, -0.25) is 9.59 Å². The lowest BCUT2D eigenvalue weighted by Crippen LogP contribution is -2.37. The van der Waals surface area contributed by atoms with Crippen molar-refractivity contribution in [1.82, 2.24) is 5.32 Å². The van der Waals surface area contributed by atoms with Crippen LogP contribution in [0.1, 0.15) is 28.4 Å². The van der Waals surface area contributed by atoms with E-state index in [0.29, 0.717) is 30.1 Å². The molecule has 0 radical (unpaired) electrons. The second-order valence-electron chi connectivity index (χ2n) is 5.90. The quantitative estimate of drug-likeness (QED) is 0.879. The molecule has 0 heterocycles. The molecule has 1 N–H and O–H groups in total. The van der Waals surface area contributed by atoms with Gasteiger partial charge in [-0.15, -0.1) is 0 Å². The summed E-state index contributed by atoms with van der Waals surface area (Å²) < 4.78 is 5.32. The number of hydrogen-bond acceptors (Lipinski definition) is 3. The minimum atomic E-state index is -0.147. The lowest BCUT2D eigenvalue weighted by molar-refractivity contribution is -0.116. The first-order valence-corrected chi connectivity index (χ1v) is 8.20. The lowest BCUT2D eigenvalue weighted by atomic mass is 10.1. The van der Waals surface area contributed by atoms with Crippen LogP contribution in [-0.4, -0.2) is 32.0 Å². The van der Waals surface area contributed by atoms with E-state index in [9.17, 15) is 9.59 Å². The molecular formula is C20H24N2O3. The summed E-state index contributed by atoms with van der Waals surface area (Å²) >= 11 is 0. The number of amides is 2. The summed E-state index contributed by atoms with van der Waals surface area (Å²) in [5, 5.41) is 2.86. The summed E-state index contributed by atoms with van der Waals surface area (Å²) in [5.41, 5.74) is 3.54. The highest BCUT2D eigenvalue weighted by Crippen LogP contribution is 2.27. The van der Waals surface area contributed by atoms with Crippen LogP contribution in [0.5, 0.6) is 5.75 Å². The first-order valence-electron chi connectivity index (χ1n) is 8.20. The molecule has 2 amide bonds. The fourth-order valence-electron chi connectivity index (χ4n) is 2.57. The van der Waals surface area contributed by atoms with Gasteiger partial charge in [0.05, 0.1) is 12.8 Å². The molecule has 0 aliphatic carbocycles. The van der Waals surface area contributed by atoms with Gasteiger partial charge in [-0.05, 0) is 49.2 Å². The summed E-state index contributed by atoms with van der Waals surface area (Å²) in [5.74, 6) is 0.370. The van der Waals surface area contributed by atoms with Crippen molar-refractivity contribution < 1.29 is 14.3 Å². The topological polar surface area (TPSA) is 58.6 Å². The average Bonchev–Trinajstić information content (AvgIpc) is 2.60. The van der Waals surface area contributed by atoms with Crippen molar-refractivity contribution in [3.05, 3.63) is 59.2 Å². The molecule has 0 saturated heterocycles. The zero-order valence-electron chi connectivity index (χ0n) is 15.1. The molecule has 2 aromatic rings. The molecular weight excluding hydrogens is 316 g/mol. The lowest BCUT2D eigenvalue weighted by Gasteiger charge is -2.23. The zero-order chi connectivity index (χ0) is 18.4. The molecule has 2 aromatic carbocycles. The first kappa shape index (κ1) is 18.5. The third-order valence-electron chi connectivity index (χ3n) is 4.15. The number of aryl methyl sites for hydroxylation is 2. The number of benzene rings is 2. The second kappa shape index (κ2) is 8.33. The first-order chi connectivity index (χ1) is 11.9. The number of hydrogen-bond donors (Lipinski definition) is 1. The summed E-state index contributed by atoms with van der Waals surface area (Å²) in [6.45, 7) is 6.20. The van der Waals surface area contributed by atoms with Gasteiger partial charge in [-0.25, -0.2) is 0 Å². The minimum absolute atomic E-state index is 0.107. The number of anilines is 1. The van der Waals surface area contributed by atoms with Gasteiger partial charge >= 0.3 is 0 Å². The maximum atomic E-state index is 12.3. The monoisotopic (exact) mass is 340 g/mol. The molecule has 0 aliphatic rings. The van der Waals surface area contributed by atoms with Gasteiger partial charge in [-0.2, -0.15) is 0 Å². The molecule has 0 atom stereocenters. The van der Waals surface area contributed by atoms with E-state index in [-0.39, 0.29) is 11.8 Å². The van der Waals surface area contributed by atoms with Crippen LogP contribution in [0.4, 0.5) is 5.69 Å². The van der Waals surface area contributed by atoms with Crippen LogP contribution in [-0.2, 0) is 4.79 Å². The predicted molar refractivity (Wildman–Crippen MR) is 99.3 cm³/mol.